The van der Waals surface area contributed by atoms with Crippen molar-refractivity contribution in [3.8, 4) is 0 Å². The van der Waals surface area contributed by atoms with E-state index in [1.54, 1.807) is 0 Å². The maximum Gasteiger partial charge on any atom is 0.306 e. The SMILES string of the molecule is COC(=O)CC1(CSC2CS(=O)(=O)CC2O)CC1. The van der Waals surface area contributed by atoms with Gasteiger partial charge in [-0.3, -0.25) is 4.79 Å². The van der Waals surface area contributed by atoms with Gasteiger partial charge in [-0.1, -0.05) is 0 Å². The van der Waals surface area contributed by atoms with Crippen molar-refractivity contribution in [1.29, 1.82) is 0 Å². The van der Waals surface area contributed by atoms with Gasteiger partial charge in [-0.2, -0.15) is 11.8 Å². The third kappa shape index (κ3) is 3.39. The van der Waals surface area contributed by atoms with Crippen LogP contribution in [0.25, 0.3) is 0 Å². The van der Waals surface area contributed by atoms with Crippen LogP contribution in [0.3, 0.4) is 0 Å². The Morgan fingerprint density at radius 1 is 1.44 bits per heavy atom. The summed E-state index contributed by atoms with van der Waals surface area (Å²) in [4.78, 5) is 11.3. The van der Waals surface area contributed by atoms with Crippen molar-refractivity contribution in [1.82, 2.24) is 0 Å². The monoisotopic (exact) mass is 294 g/mol. The first-order valence-corrected chi connectivity index (χ1v) is 8.80. The molecule has 2 rings (SSSR count). The zero-order valence-corrected chi connectivity index (χ0v) is 11.9. The van der Waals surface area contributed by atoms with E-state index in [0.717, 1.165) is 18.6 Å². The van der Waals surface area contributed by atoms with E-state index in [2.05, 4.69) is 4.74 Å². The fourth-order valence-electron chi connectivity index (χ4n) is 2.17. The number of hydrogen-bond acceptors (Lipinski definition) is 6. The summed E-state index contributed by atoms with van der Waals surface area (Å²) in [7, 11) is -1.71. The Morgan fingerprint density at radius 2 is 2.11 bits per heavy atom. The fourth-order valence-corrected chi connectivity index (χ4v) is 6.18. The van der Waals surface area contributed by atoms with Crippen molar-refractivity contribution in [3.63, 3.8) is 0 Å². The molecular formula is C11H18O5S2. The molecule has 0 radical (unpaired) electrons. The van der Waals surface area contributed by atoms with Gasteiger partial charge in [0, 0.05) is 5.25 Å². The van der Waals surface area contributed by atoms with Crippen LogP contribution in [0.4, 0.5) is 0 Å². The highest BCUT2D eigenvalue weighted by Crippen LogP contribution is 2.52. The second-order valence-electron chi connectivity index (χ2n) is 5.25. The molecule has 104 valence electrons. The average Bonchev–Trinajstić information content (AvgIpc) is 2.97. The molecule has 7 heteroatoms. The van der Waals surface area contributed by atoms with Gasteiger partial charge in [-0.05, 0) is 24.0 Å². The number of thioether (sulfide) groups is 1. The molecule has 0 amide bonds. The topological polar surface area (TPSA) is 80.7 Å². The van der Waals surface area contributed by atoms with Crippen molar-refractivity contribution in [2.24, 2.45) is 5.41 Å². The van der Waals surface area contributed by atoms with Gasteiger partial charge < -0.3 is 9.84 Å². The Kier molecular flexibility index (Phi) is 3.94. The number of sulfone groups is 1. The quantitative estimate of drug-likeness (QED) is 0.731. The molecule has 0 bridgehead atoms. The first kappa shape index (κ1) is 14.1. The standard InChI is InChI=1S/C11H18O5S2/c1-16-10(13)4-11(2-3-11)7-17-9-6-18(14,15)5-8(9)12/h8-9,12H,2-7H2,1H3. The molecule has 0 aromatic rings. The minimum atomic E-state index is -3.08. The Labute approximate surface area is 111 Å². The van der Waals surface area contributed by atoms with E-state index in [4.69, 9.17) is 0 Å². The zero-order valence-electron chi connectivity index (χ0n) is 10.3. The summed E-state index contributed by atoms with van der Waals surface area (Å²) in [6, 6.07) is 0. The minimum absolute atomic E-state index is 0.0240. The van der Waals surface area contributed by atoms with Crippen LogP contribution in [-0.4, -0.2) is 55.2 Å². The predicted octanol–water partition coefficient (Wildman–Crippen LogP) is 0.221. The summed E-state index contributed by atoms with van der Waals surface area (Å²) in [5, 5.41) is 9.43. The molecule has 2 unspecified atom stereocenters. The summed E-state index contributed by atoms with van der Waals surface area (Å²) in [6.07, 6.45) is 1.58. The number of methoxy groups -OCH3 is 1. The zero-order chi connectivity index (χ0) is 13.4. The molecule has 1 N–H and O–H groups in total. The molecule has 1 saturated carbocycles. The third-order valence-corrected chi connectivity index (χ3v) is 7.20. The molecule has 2 atom stereocenters. The molecule has 0 spiro atoms. The highest BCUT2D eigenvalue weighted by molar-refractivity contribution is 8.01. The molecule has 1 heterocycles. The molecule has 0 aromatic heterocycles. The molecule has 5 nitrogen and oxygen atoms in total. The Bertz CT molecular complexity index is 427. The van der Waals surface area contributed by atoms with E-state index in [9.17, 15) is 18.3 Å². The number of carbonyl (C=O) groups is 1. The molecule has 1 saturated heterocycles. The van der Waals surface area contributed by atoms with Gasteiger partial charge in [0.1, 0.15) is 0 Å². The number of ether oxygens (including phenoxy) is 1. The molecule has 2 aliphatic rings. The lowest BCUT2D eigenvalue weighted by Crippen LogP contribution is -2.23. The Morgan fingerprint density at radius 3 is 2.56 bits per heavy atom. The number of rotatable bonds is 5. The Balaban J connectivity index is 1.83. The lowest BCUT2D eigenvalue weighted by molar-refractivity contribution is -0.141. The van der Waals surface area contributed by atoms with Gasteiger partial charge in [-0.25, -0.2) is 8.42 Å². The maximum atomic E-state index is 11.4. The highest BCUT2D eigenvalue weighted by Gasteiger charge is 2.46. The van der Waals surface area contributed by atoms with E-state index in [0.29, 0.717) is 6.42 Å². The third-order valence-electron chi connectivity index (χ3n) is 3.58. The molecule has 2 fully saturated rings. The van der Waals surface area contributed by atoms with E-state index < -0.39 is 15.9 Å². The largest absolute Gasteiger partial charge is 0.469 e. The van der Waals surface area contributed by atoms with Crippen LogP contribution in [0.5, 0.6) is 0 Å². The van der Waals surface area contributed by atoms with Crippen LogP contribution in [-0.2, 0) is 19.4 Å². The lowest BCUT2D eigenvalue weighted by atomic mass is 10.1. The number of esters is 1. The van der Waals surface area contributed by atoms with Gasteiger partial charge in [0.25, 0.3) is 0 Å². The molecular weight excluding hydrogens is 276 g/mol. The van der Waals surface area contributed by atoms with Crippen molar-refractivity contribution >= 4 is 27.6 Å². The van der Waals surface area contributed by atoms with E-state index in [1.807, 2.05) is 0 Å². The molecule has 0 aromatic carbocycles. The maximum absolute atomic E-state index is 11.4. The summed E-state index contributed by atoms with van der Waals surface area (Å²) in [6.45, 7) is 0. The Hall–Kier alpha value is -0.270. The van der Waals surface area contributed by atoms with Gasteiger partial charge >= 0.3 is 5.97 Å². The predicted molar refractivity (Wildman–Crippen MR) is 69.2 cm³/mol. The van der Waals surface area contributed by atoms with E-state index in [1.165, 1.54) is 18.9 Å². The number of aliphatic hydroxyl groups is 1. The second kappa shape index (κ2) is 5.02. The van der Waals surface area contributed by atoms with E-state index in [-0.39, 0.29) is 28.1 Å². The minimum Gasteiger partial charge on any atom is -0.469 e. The van der Waals surface area contributed by atoms with Crippen LogP contribution in [0.1, 0.15) is 19.3 Å². The van der Waals surface area contributed by atoms with Crippen LogP contribution >= 0.6 is 11.8 Å². The number of aliphatic hydroxyl groups excluding tert-OH is 1. The smallest absolute Gasteiger partial charge is 0.306 e. The first-order chi connectivity index (χ1) is 8.36. The highest BCUT2D eigenvalue weighted by atomic mass is 32.2. The summed E-state index contributed by atoms with van der Waals surface area (Å²) in [5.41, 5.74) is -0.0240. The van der Waals surface area contributed by atoms with Crippen LogP contribution in [0.15, 0.2) is 0 Å². The average molecular weight is 294 g/mol. The van der Waals surface area contributed by atoms with Crippen LogP contribution in [0.2, 0.25) is 0 Å². The van der Waals surface area contributed by atoms with Crippen LogP contribution < -0.4 is 0 Å². The van der Waals surface area contributed by atoms with Crippen molar-refractivity contribution < 1.29 is 23.1 Å². The first-order valence-electron chi connectivity index (χ1n) is 5.93. The second-order valence-corrected chi connectivity index (χ2v) is 8.63. The normalized spacial score (nSPS) is 32.1. The van der Waals surface area contributed by atoms with Gasteiger partial charge in [0.05, 0.1) is 31.1 Å². The summed E-state index contributed by atoms with van der Waals surface area (Å²) < 4.78 is 27.4. The van der Waals surface area contributed by atoms with Gasteiger partial charge in [0.15, 0.2) is 9.84 Å². The van der Waals surface area contributed by atoms with Crippen LogP contribution in [0, 0.1) is 5.41 Å². The van der Waals surface area contributed by atoms with Crippen molar-refractivity contribution in [3.05, 3.63) is 0 Å². The lowest BCUT2D eigenvalue weighted by Gasteiger charge is -2.17. The molecule has 18 heavy (non-hydrogen) atoms. The summed E-state index contributed by atoms with van der Waals surface area (Å²) >= 11 is 1.48. The van der Waals surface area contributed by atoms with Crippen molar-refractivity contribution in [2.45, 2.75) is 30.6 Å². The number of carbonyl (C=O) groups excluding carboxylic acids is 1. The summed E-state index contributed by atoms with van der Waals surface area (Å²) in [5.74, 6) is 0.425. The van der Waals surface area contributed by atoms with E-state index >= 15 is 0 Å². The molecule has 1 aliphatic heterocycles. The number of hydrogen-bond donors (Lipinski definition) is 1. The van der Waals surface area contributed by atoms with Gasteiger partial charge in [-0.15, -0.1) is 0 Å². The molecule has 1 aliphatic carbocycles. The van der Waals surface area contributed by atoms with Gasteiger partial charge in [0.2, 0.25) is 0 Å². The van der Waals surface area contributed by atoms with Crippen molar-refractivity contribution in [2.75, 3.05) is 24.4 Å². The fraction of sp³-hybridized carbons (Fsp3) is 0.909.